The topological polar surface area (TPSA) is 47.6 Å². The Morgan fingerprint density at radius 3 is 2.46 bits per heavy atom. The number of carbonyl (C=O) groups is 1. The predicted octanol–water partition coefficient (Wildman–Crippen LogP) is 3.74. The number of methoxy groups -OCH3 is 1. The lowest BCUT2D eigenvalue weighted by Crippen LogP contribution is -2.56. The van der Waals surface area contributed by atoms with Crippen LogP contribution in [0.5, 0.6) is 11.5 Å². The molecule has 0 saturated heterocycles. The van der Waals surface area contributed by atoms with E-state index in [1.807, 2.05) is 24.3 Å². The average molecular weight is 355 g/mol. The lowest BCUT2D eigenvalue weighted by atomic mass is 9.54. The lowest BCUT2D eigenvalue weighted by Gasteiger charge is -2.54. The van der Waals surface area contributed by atoms with Crippen LogP contribution >= 0.6 is 0 Å². The van der Waals surface area contributed by atoms with Crippen LogP contribution in [-0.2, 0) is 11.2 Å². The molecule has 0 aliphatic heterocycles. The Kier molecular flexibility index (Phi) is 4.92. The summed E-state index contributed by atoms with van der Waals surface area (Å²) in [5, 5.41) is 3.28. The predicted molar refractivity (Wildman–Crippen MR) is 101 cm³/mol. The summed E-state index contributed by atoms with van der Waals surface area (Å²) in [5.41, 5.74) is 1.11. The molecular weight excluding hydrogens is 326 g/mol. The van der Waals surface area contributed by atoms with Crippen LogP contribution < -0.4 is 14.8 Å². The Balaban J connectivity index is 1.34. The number of hydrogen-bond donors (Lipinski definition) is 1. The molecule has 1 aromatic carbocycles. The maximum atomic E-state index is 12.5. The summed E-state index contributed by atoms with van der Waals surface area (Å²) in [5.74, 6) is 4.46. The second kappa shape index (κ2) is 7.34. The molecule has 4 aliphatic carbocycles. The van der Waals surface area contributed by atoms with Crippen LogP contribution in [0.15, 0.2) is 30.9 Å². The van der Waals surface area contributed by atoms with Crippen LogP contribution in [0.2, 0.25) is 0 Å². The van der Waals surface area contributed by atoms with Crippen molar-refractivity contribution in [2.75, 3.05) is 13.7 Å². The number of benzene rings is 1. The summed E-state index contributed by atoms with van der Waals surface area (Å²) < 4.78 is 11.2. The van der Waals surface area contributed by atoms with Crippen molar-refractivity contribution in [3.63, 3.8) is 0 Å². The third-order valence-electron chi connectivity index (χ3n) is 6.52. The first-order chi connectivity index (χ1) is 12.7. The standard InChI is InChI=1S/C22H29NO3/c1-3-4-14-5-6-19(20(12-14)25-2)26-13-21(24)23-22-17-8-15-7-16(10-17)11-18(22)9-15/h3,5-6,12,15-18,22H,1,4,7-11,13H2,2H3,(H,23,24). The number of ether oxygens (including phenoxy) is 2. The van der Waals surface area contributed by atoms with Gasteiger partial charge in [-0.1, -0.05) is 12.1 Å². The fourth-order valence-corrected chi connectivity index (χ4v) is 5.66. The molecule has 0 atom stereocenters. The second-order valence-corrected chi connectivity index (χ2v) is 8.29. The number of rotatable bonds is 7. The van der Waals surface area contributed by atoms with Gasteiger partial charge in [0.1, 0.15) is 0 Å². The molecule has 1 amide bonds. The molecule has 1 N–H and O–H groups in total. The first-order valence-corrected chi connectivity index (χ1v) is 9.86. The Hall–Kier alpha value is -1.97. The minimum Gasteiger partial charge on any atom is -0.493 e. The number of nitrogens with one attached hydrogen (secondary N) is 1. The first kappa shape index (κ1) is 17.4. The highest BCUT2D eigenvalue weighted by Gasteiger charge is 2.48. The van der Waals surface area contributed by atoms with E-state index in [0.717, 1.165) is 23.8 Å². The Bertz CT molecular complexity index is 656. The molecule has 4 aliphatic rings. The highest BCUT2D eigenvalue weighted by molar-refractivity contribution is 5.78. The summed E-state index contributed by atoms with van der Waals surface area (Å²) in [7, 11) is 1.62. The van der Waals surface area contributed by atoms with Gasteiger partial charge in [0.25, 0.3) is 5.91 Å². The van der Waals surface area contributed by atoms with E-state index in [1.165, 1.54) is 32.1 Å². The Labute approximate surface area is 156 Å². The van der Waals surface area contributed by atoms with Crippen LogP contribution in [-0.4, -0.2) is 25.7 Å². The summed E-state index contributed by atoms with van der Waals surface area (Å²) in [6.07, 6.45) is 9.28. The molecule has 0 unspecified atom stereocenters. The number of amides is 1. The largest absolute Gasteiger partial charge is 0.493 e. The fraction of sp³-hybridized carbons (Fsp3) is 0.591. The van der Waals surface area contributed by atoms with Crippen molar-refractivity contribution in [3.8, 4) is 11.5 Å². The average Bonchev–Trinajstić information content (AvgIpc) is 2.63. The molecular formula is C22H29NO3. The summed E-state index contributed by atoms with van der Waals surface area (Å²) in [6, 6.07) is 6.14. The highest BCUT2D eigenvalue weighted by atomic mass is 16.5. The lowest BCUT2D eigenvalue weighted by molar-refractivity contribution is -0.127. The van der Waals surface area contributed by atoms with Gasteiger partial charge in [-0.15, -0.1) is 6.58 Å². The molecule has 0 radical (unpaired) electrons. The maximum Gasteiger partial charge on any atom is 0.258 e. The molecule has 1 aromatic rings. The molecule has 140 valence electrons. The minimum atomic E-state index is -0.0142. The molecule has 4 saturated carbocycles. The van der Waals surface area contributed by atoms with E-state index in [9.17, 15) is 4.79 Å². The quantitative estimate of drug-likeness (QED) is 0.758. The third-order valence-corrected chi connectivity index (χ3v) is 6.52. The SMILES string of the molecule is C=CCc1ccc(OCC(=O)NC2C3CC4CC(C3)CC2C4)c(OC)c1. The van der Waals surface area contributed by atoms with E-state index in [4.69, 9.17) is 9.47 Å². The van der Waals surface area contributed by atoms with Crippen molar-refractivity contribution in [1.82, 2.24) is 5.32 Å². The van der Waals surface area contributed by atoms with Gasteiger partial charge in [0.15, 0.2) is 18.1 Å². The summed E-state index contributed by atoms with van der Waals surface area (Å²) in [6.45, 7) is 3.80. The van der Waals surface area contributed by atoms with Crippen LogP contribution in [0, 0.1) is 23.7 Å². The van der Waals surface area contributed by atoms with Gasteiger partial charge in [0.2, 0.25) is 0 Å². The van der Waals surface area contributed by atoms with Gasteiger partial charge in [-0.25, -0.2) is 0 Å². The van der Waals surface area contributed by atoms with Crippen LogP contribution in [0.4, 0.5) is 0 Å². The molecule has 4 heteroatoms. The van der Waals surface area contributed by atoms with Gasteiger partial charge in [-0.3, -0.25) is 4.79 Å². The van der Waals surface area contributed by atoms with Crippen molar-refractivity contribution in [2.45, 2.75) is 44.6 Å². The van der Waals surface area contributed by atoms with Gasteiger partial charge in [-0.05, 0) is 79.9 Å². The Morgan fingerprint density at radius 1 is 1.15 bits per heavy atom. The summed E-state index contributed by atoms with van der Waals surface area (Å²) >= 11 is 0. The molecule has 0 aromatic heterocycles. The maximum absolute atomic E-state index is 12.5. The smallest absolute Gasteiger partial charge is 0.258 e. The molecule has 4 fully saturated rings. The molecule has 26 heavy (non-hydrogen) atoms. The van der Waals surface area contributed by atoms with Gasteiger partial charge in [-0.2, -0.15) is 0 Å². The zero-order valence-electron chi connectivity index (χ0n) is 15.6. The summed E-state index contributed by atoms with van der Waals surface area (Å²) in [4.78, 5) is 12.5. The van der Waals surface area contributed by atoms with Crippen molar-refractivity contribution in [1.29, 1.82) is 0 Å². The number of allylic oxidation sites excluding steroid dienone is 1. The fourth-order valence-electron chi connectivity index (χ4n) is 5.66. The third kappa shape index (κ3) is 3.46. The van der Waals surface area contributed by atoms with Crippen molar-refractivity contribution in [2.24, 2.45) is 23.7 Å². The second-order valence-electron chi connectivity index (χ2n) is 8.29. The van der Waals surface area contributed by atoms with Gasteiger partial charge >= 0.3 is 0 Å². The van der Waals surface area contributed by atoms with E-state index >= 15 is 0 Å². The van der Waals surface area contributed by atoms with Crippen LogP contribution in [0.1, 0.15) is 37.7 Å². The molecule has 4 nitrogen and oxygen atoms in total. The normalized spacial score (nSPS) is 31.5. The zero-order chi connectivity index (χ0) is 18.1. The number of carbonyl (C=O) groups excluding carboxylic acids is 1. The van der Waals surface area contributed by atoms with E-state index in [2.05, 4.69) is 11.9 Å². The molecule has 4 bridgehead atoms. The van der Waals surface area contributed by atoms with Gasteiger partial charge in [0.05, 0.1) is 7.11 Å². The minimum absolute atomic E-state index is 0.0142. The molecule has 0 heterocycles. The van der Waals surface area contributed by atoms with Crippen molar-refractivity contribution >= 4 is 5.91 Å². The van der Waals surface area contributed by atoms with E-state index in [0.29, 0.717) is 29.4 Å². The molecule has 5 rings (SSSR count). The van der Waals surface area contributed by atoms with Crippen molar-refractivity contribution in [3.05, 3.63) is 36.4 Å². The van der Waals surface area contributed by atoms with Crippen LogP contribution in [0.3, 0.4) is 0 Å². The van der Waals surface area contributed by atoms with Gasteiger partial charge < -0.3 is 14.8 Å². The molecule has 0 spiro atoms. The van der Waals surface area contributed by atoms with E-state index < -0.39 is 0 Å². The zero-order valence-corrected chi connectivity index (χ0v) is 15.6. The highest BCUT2D eigenvalue weighted by Crippen LogP contribution is 2.53. The van der Waals surface area contributed by atoms with Gasteiger partial charge in [0, 0.05) is 6.04 Å². The monoisotopic (exact) mass is 355 g/mol. The van der Waals surface area contributed by atoms with E-state index in [1.54, 1.807) is 7.11 Å². The van der Waals surface area contributed by atoms with Crippen LogP contribution in [0.25, 0.3) is 0 Å². The van der Waals surface area contributed by atoms with E-state index in [-0.39, 0.29) is 12.5 Å². The Morgan fingerprint density at radius 2 is 1.85 bits per heavy atom. The van der Waals surface area contributed by atoms with Crippen molar-refractivity contribution < 1.29 is 14.3 Å². The number of hydrogen-bond acceptors (Lipinski definition) is 3. The first-order valence-electron chi connectivity index (χ1n) is 9.86.